The minimum Gasteiger partial charge on any atom is -0.329 e. The molecule has 18 heavy (non-hydrogen) atoms. The standard InChI is InChI=1S/C15H15N3/c1-11-4-6-14(12(2)8-11)18(3)15-7-5-13(9-16)10-17-15/h4-8,10H,1-3H3. The number of benzene rings is 1. The maximum Gasteiger partial charge on any atom is 0.132 e. The van der Waals surface area contributed by atoms with Gasteiger partial charge in [-0.1, -0.05) is 17.7 Å². The highest BCUT2D eigenvalue weighted by Gasteiger charge is 2.08. The number of hydrogen-bond donors (Lipinski definition) is 0. The molecule has 2 rings (SSSR count). The van der Waals surface area contributed by atoms with Crippen LogP contribution in [0.2, 0.25) is 0 Å². The zero-order valence-electron chi connectivity index (χ0n) is 10.8. The Morgan fingerprint density at radius 1 is 1.17 bits per heavy atom. The van der Waals surface area contributed by atoms with Crippen LogP contribution in [0.25, 0.3) is 0 Å². The second kappa shape index (κ2) is 4.89. The number of nitriles is 1. The molecule has 0 aliphatic heterocycles. The fourth-order valence-electron chi connectivity index (χ4n) is 1.96. The lowest BCUT2D eigenvalue weighted by atomic mass is 10.1. The number of pyridine rings is 1. The van der Waals surface area contributed by atoms with Gasteiger partial charge in [-0.3, -0.25) is 0 Å². The van der Waals surface area contributed by atoms with Gasteiger partial charge in [-0.2, -0.15) is 5.26 Å². The molecular formula is C15H15N3. The van der Waals surface area contributed by atoms with Gasteiger partial charge < -0.3 is 4.90 Å². The van der Waals surface area contributed by atoms with E-state index in [1.807, 2.05) is 18.0 Å². The van der Waals surface area contributed by atoms with Gasteiger partial charge in [0.25, 0.3) is 0 Å². The highest BCUT2D eigenvalue weighted by atomic mass is 15.2. The summed E-state index contributed by atoms with van der Waals surface area (Å²) in [6.07, 6.45) is 1.59. The van der Waals surface area contributed by atoms with Gasteiger partial charge in [0.15, 0.2) is 0 Å². The Hall–Kier alpha value is -2.34. The molecule has 90 valence electrons. The lowest BCUT2D eigenvalue weighted by molar-refractivity contribution is 1.11. The topological polar surface area (TPSA) is 39.9 Å². The Balaban J connectivity index is 2.35. The van der Waals surface area contributed by atoms with Crippen molar-refractivity contribution in [2.24, 2.45) is 0 Å². The van der Waals surface area contributed by atoms with Crippen LogP contribution in [0.15, 0.2) is 36.5 Å². The minimum atomic E-state index is 0.577. The van der Waals surface area contributed by atoms with E-state index in [4.69, 9.17) is 5.26 Å². The van der Waals surface area contributed by atoms with Crippen molar-refractivity contribution in [3.63, 3.8) is 0 Å². The molecule has 1 aromatic heterocycles. The van der Waals surface area contributed by atoms with E-state index in [9.17, 15) is 0 Å². The van der Waals surface area contributed by atoms with Gasteiger partial charge in [-0.25, -0.2) is 4.98 Å². The first-order chi connectivity index (χ1) is 8.61. The number of rotatable bonds is 2. The Bertz CT molecular complexity index is 594. The third-order valence-corrected chi connectivity index (χ3v) is 2.93. The van der Waals surface area contributed by atoms with Crippen molar-refractivity contribution in [3.8, 4) is 6.07 Å². The van der Waals surface area contributed by atoms with E-state index in [1.54, 1.807) is 12.3 Å². The molecule has 0 radical (unpaired) electrons. The van der Waals surface area contributed by atoms with Crippen molar-refractivity contribution in [3.05, 3.63) is 53.2 Å². The lowest BCUT2D eigenvalue weighted by Crippen LogP contribution is -2.12. The molecule has 0 fully saturated rings. The highest BCUT2D eigenvalue weighted by Crippen LogP contribution is 2.25. The Labute approximate surface area is 107 Å². The molecule has 0 aliphatic rings. The first-order valence-corrected chi connectivity index (χ1v) is 5.79. The van der Waals surface area contributed by atoms with Crippen molar-refractivity contribution in [2.75, 3.05) is 11.9 Å². The van der Waals surface area contributed by atoms with Crippen molar-refractivity contribution < 1.29 is 0 Å². The largest absolute Gasteiger partial charge is 0.329 e. The molecule has 0 bridgehead atoms. The number of aromatic nitrogens is 1. The zero-order valence-corrected chi connectivity index (χ0v) is 10.8. The van der Waals surface area contributed by atoms with Crippen LogP contribution in [-0.2, 0) is 0 Å². The van der Waals surface area contributed by atoms with Crippen LogP contribution in [0.5, 0.6) is 0 Å². The summed E-state index contributed by atoms with van der Waals surface area (Å²) in [7, 11) is 1.98. The first-order valence-electron chi connectivity index (χ1n) is 5.79. The van der Waals surface area contributed by atoms with E-state index in [1.165, 1.54) is 11.1 Å². The average Bonchev–Trinajstić information content (AvgIpc) is 2.38. The molecule has 3 nitrogen and oxygen atoms in total. The van der Waals surface area contributed by atoms with Gasteiger partial charge in [0.2, 0.25) is 0 Å². The molecule has 0 unspecified atom stereocenters. The van der Waals surface area contributed by atoms with Crippen molar-refractivity contribution >= 4 is 11.5 Å². The maximum atomic E-state index is 8.76. The molecular weight excluding hydrogens is 222 g/mol. The van der Waals surface area contributed by atoms with Crippen LogP contribution in [0, 0.1) is 25.2 Å². The first kappa shape index (κ1) is 12.1. The SMILES string of the molecule is Cc1ccc(N(C)c2ccc(C#N)cn2)c(C)c1. The monoisotopic (exact) mass is 237 g/mol. The predicted octanol–water partition coefficient (Wildman–Crippen LogP) is 3.34. The fourth-order valence-corrected chi connectivity index (χ4v) is 1.96. The molecule has 0 saturated heterocycles. The van der Waals surface area contributed by atoms with Gasteiger partial charge in [0, 0.05) is 18.9 Å². The summed E-state index contributed by atoms with van der Waals surface area (Å²) < 4.78 is 0. The third kappa shape index (κ3) is 2.33. The average molecular weight is 237 g/mol. The van der Waals surface area contributed by atoms with Gasteiger partial charge in [0.1, 0.15) is 11.9 Å². The molecule has 0 atom stereocenters. The van der Waals surface area contributed by atoms with E-state index in [0.29, 0.717) is 5.56 Å². The van der Waals surface area contributed by atoms with Crippen molar-refractivity contribution in [1.29, 1.82) is 5.26 Å². The van der Waals surface area contributed by atoms with E-state index < -0.39 is 0 Å². The van der Waals surface area contributed by atoms with Crippen LogP contribution in [0.1, 0.15) is 16.7 Å². The molecule has 0 saturated carbocycles. The van der Waals surface area contributed by atoms with E-state index in [0.717, 1.165) is 11.5 Å². The van der Waals surface area contributed by atoms with E-state index >= 15 is 0 Å². The van der Waals surface area contributed by atoms with Crippen LogP contribution < -0.4 is 4.90 Å². The summed E-state index contributed by atoms with van der Waals surface area (Å²) in [5.41, 5.74) is 4.16. The van der Waals surface area contributed by atoms with E-state index in [2.05, 4.69) is 43.1 Å². The third-order valence-electron chi connectivity index (χ3n) is 2.93. The number of nitrogens with zero attached hydrogens (tertiary/aromatic N) is 3. The number of aryl methyl sites for hydroxylation is 2. The summed E-state index contributed by atoms with van der Waals surface area (Å²) >= 11 is 0. The summed E-state index contributed by atoms with van der Waals surface area (Å²) in [5, 5.41) is 8.76. The molecule has 3 heteroatoms. The molecule has 1 heterocycles. The fraction of sp³-hybridized carbons (Fsp3) is 0.200. The van der Waals surface area contributed by atoms with Crippen molar-refractivity contribution in [1.82, 2.24) is 4.98 Å². The molecule has 0 aliphatic carbocycles. The Kier molecular flexibility index (Phi) is 3.29. The predicted molar refractivity (Wildman–Crippen MR) is 72.9 cm³/mol. The summed E-state index contributed by atoms with van der Waals surface area (Å²) in [6.45, 7) is 4.17. The molecule has 0 amide bonds. The molecule has 1 aromatic carbocycles. The van der Waals surface area contributed by atoms with E-state index in [-0.39, 0.29) is 0 Å². The maximum absolute atomic E-state index is 8.76. The van der Waals surface area contributed by atoms with Crippen LogP contribution in [-0.4, -0.2) is 12.0 Å². The summed E-state index contributed by atoms with van der Waals surface area (Å²) in [6, 6.07) is 12.0. The molecule has 2 aromatic rings. The van der Waals surface area contributed by atoms with Gasteiger partial charge >= 0.3 is 0 Å². The zero-order chi connectivity index (χ0) is 13.1. The second-order valence-electron chi connectivity index (χ2n) is 4.37. The summed E-state index contributed by atoms with van der Waals surface area (Å²) in [5.74, 6) is 0.834. The minimum absolute atomic E-state index is 0.577. The second-order valence-corrected chi connectivity index (χ2v) is 4.37. The molecule has 0 spiro atoms. The lowest BCUT2D eigenvalue weighted by Gasteiger charge is -2.20. The quantitative estimate of drug-likeness (QED) is 0.804. The van der Waals surface area contributed by atoms with Gasteiger partial charge in [0.05, 0.1) is 5.56 Å². The molecule has 0 N–H and O–H groups in total. The smallest absolute Gasteiger partial charge is 0.132 e. The normalized spacial score (nSPS) is 9.89. The van der Waals surface area contributed by atoms with Crippen LogP contribution >= 0.6 is 0 Å². The Morgan fingerprint density at radius 2 is 1.94 bits per heavy atom. The van der Waals surface area contributed by atoms with Gasteiger partial charge in [-0.15, -0.1) is 0 Å². The summed E-state index contributed by atoms with van der Waals surface area (Å²) in [4.78, 5) is 6.32. The van der Waals surface area contributed by atoms with Crippen LogP contribution in [0.3, 0.4) is 0 Å². The highest BCUT2D eigenvalue weighted by molar-refractivity contribution is 5.63. The van der Waals surface area contributed by atoms with Crippen molar-refractivity contribution in [2.45, 2.75) is 13.8 Å². The Morgan fingerprint density at radius 3 is 2.50 bits per heavy atom. The van der Waals surface area contributed by atoms with Gasteiger partial charge in [-0.05, 0) is 37.6 Å². The van der Waals surface area contributed by atoms with Crippen LogP contribution in [0.4, 0.5) is 11.5 Å². The number of hydrogen-bond acceptors (Lipinski definition) is 3. The number of anilines is 2.